The molecule has 0 N–H and O–H groups in total. The fraction of sp³-hybridized carbons (Fsp3) is 0.478. The Morgan fingerprint density at radius 1 is 0.586 bits per heavy atom. The molecule has 0 aliphatic carbocycles. The Morgan fingerprint density at radius 3 is 1.31 bits per heavy atom. The fourth-order valence-electron chi connectivity index (χ4n) is 3.18. The Bertz CT molecular complexity index is 789. The van der Waals surface area contributed by atoms with E-state index in [-0.39, 0.29) is 11.3 Å². The third-order valence-electron chi connectivity index (χ3n) is 5.42. The van der Waals surface area contributed by atoms with Crippen molar-refractivity contribution in [3.8, 4) is 0 Å². The van der Waals surface area contributed by atoms with Gasteiger partial charge in [0.1, 0.15) is 0 Å². The highest BCUT2D eigenvalue weighted by atomic mass is 16.5. The van der Waals surface area contributed by atoms with Crippen LogP contribution in [0, 0.1) is 0 Å². The minimum atomic E-state index is -0.299. The van der Waals surface area contributed by atoms with Gasteiger partial charge in [-0.05, 0) is 44.2 Å². The molecule has 0 saturated heterocycles. The van der Waals surface area contributed by atoms with Gasteiger partial charge in [-0.2, -0.15) is 20.5 Å². The molecule has 2 aromatic carbocycles. The van der Waals surface area contributed by atoms with Crippen molar-refractivity contribution in [2.45, 2.75) is 57.6 Å². The standard InChI is InChI=1S/C23H28N4O2/c1-22(24-25-22)20-10-6-18(7-11-20)16-28-14-4-3-5-15-29-17-19-8-12-21(13-9-19)23(2)26-27-23/h6-13H,3-5,14-17H2,1-2H3. The maximum atomic E-state index is 5.78. The molecular weight excluding hydrogens is 364 g/mol. The van der Waals surface area contributed by atoms with E-state index in [0.717, 1.165) is 43.6 Å². The molecule has 0 radical (unpaired) electrons. The summed E-state index contributed by atoms with van der Waals surface area (Å²) in [6, 6.07) is 16.7. The zero-order valence-corrected chi connectivity index (χ0v) is 17.2. The zero-order chi connectivity index (χ0) is 20.2. The molecule has 152 valence electrons. The van der Waals surface area contributed by atoms with Crippen LogP contribution in [0.4, 0.5) is 0 Å². The molecule has 29 heavy (non-hydrogen) atoms. The maximum absolute atomic E-state index is 5.78. The van der Waals surface area contributed by atoms with E-state index in [1.54, 1.807) is 0 Å². The monoisotopic (exact) mass is 392 g/mol. The van der Waals surface area contributed by atoms with Gasteiger partial charge in [0.2, 0.25) is 11.3 Å². The molecule has 6 nitrogen and oxygen atoms in total. The zero-order valence-electron chi connectivity index (χ0n) is 17.2. The van der Waals surface area contributed by atoms with E-state index in [4.69, 9.17) is 9.47 Å². The molecule has 0 saturated carbocycles. The largest absolute Gasteiger partial charge is 0.377 e. The number of hydrogen-bond acceptors (Lipinski definition) is 6. The Kier molecular flexibility index (Phi) is 5.83. The van der Waals surface area contributed by atoms with Crippen molar-refractivity contribution in [2.75, 3.05) is 13.2 Å². The first kappa shape index (κ1) is 19.9. The quantitative estimate of drug-likeness (QED) is 0.424. The number of hydrogen-bond donors (Lipinski definition) is 0. The van der Waals surface area contributed by atoms with E-state index >= 15 is 0 Å². The van der Waals surface area contributed by atoms with E-state index in [1.807, 2.05) is 13.8 Å². The summed E-state index contributed by atoms with van der Waals surface area (Å²) < 4.78 is 11.6. The molecule has 0 aromatic heterocycles. The fourth-order valence-corrected chi connectivity index (χ4v) is 3.18. The van der Waals surface area contributed by atoms with Crippen LogP contribution in [0.2, 0.25) is 0 Å². The lowest BCUT2D eigenvalue weighted by Gasteiger charge is -2.08. The molecular formula is C23H28N4O2. The summed E-state index contributed by atoms with van der Waals surface area (Å²) in [6.45, 7) is 6.89. The summed E-state index contributed by atoms with van der Waals surface area (Å²) in [6.07, 6.45) is 3.22. The smallest absolute Gasteiger partial charge is 0.213 e. The van der Waals surface area contributed by atoms with Gasteiger partial charge >= 0.3 is 0 Å². The Morgan fingerprint density at radius 2 is 0.966 bits per heavy atom. The second-order valence-electron chi connectivity index (χ2n) is 8.00. The normalized spacial score (nSPS) is 17.4. The van der Waals surface area contributed by atoms with Crippen LogP contribution in [-0.2, 0) is 34.0 Å². The van der Waals surface area contributed by atoms with Crippen molar-refractivity contribution in [1.82, 2.24) is 0 Å². The third kappa shape index (κ3) is 5.34. The summed E-state index contributed by atoms with van der Waals surface area (Å²) in [5.74, 6) is 0. The molecule has 4 rings (SSSR count). The van der Waals surface area contributed by atoms with E-state index < -0.39 is 0 Å². The van der Waals surface area contributed by atoms with Crippen molar-refractivity contribution < 1.29 is 9.47 Å². The van der Waals surface area contributed by atoms with Crippen LogP contribution < -0.4 is 0 Å². The first-order valence-corrected chi connectivity index (χ1v) is 10.3. The minimum absolute atomic E-state index is 0.299. The van der Waals surface area contributed by atoms with Crippen molar-refractivity contribution >= 4 is 0 Å². The highest BCUT2D eigenvalue weighted by molar-refractivity contribution is 5.30. The van der Waals surface area contributed by atoms with E-state index in [1.165, 1.54) is 11.1 Å². The van der Waals surface area contributed by atoms with E-state index in [0.29, 0.717) is 13.2 Å². The Labute approximate surface area is 172 Å². The van der Waals surface area contributed by atoms with Crippen LogP contribution in [0.15, 0.2) is 69.0 Å². The van der Waals surface area contributed by atoms with Crippen LogP contribution in [-0.4, -0.2) is 13.2 Å². The van der Waals surface area contributed by atoms with Gasteiger partial charge in [0.25, 0.3) is 0 Å². The first-order valence-electron chi connectivity index (χ1n) is 10.3. The molecule has 2 aliphatic heterocycles. The molecule has 2 aliphatic rings. The van der Waals surface area contributed by atoms with Crippen molar-refractivity contribution in [3.05, 3.63) is 70.8 Å². The lowest BCUT2D eigenvalue weighted by atomic mass is 10.0. The molecule has 0 amide bonds. The van der Waals surface area contributed by atoms with Crippen LogP contribution in [0.25, 0.3) is 0 Å². The van der Waals surface area contributed by atoms with Crippen LogP contribution in [0.5, 0.6) is 0 Å². The summed E-state index contributed by atoms with van der Waals surface area (Å²) in [7, 11) is 0. The molecule has 0 bridgehead atoms. The van der Waals surface area contributed by atoms with Gasteiger partial charge in [-0.1, -0.05) is 48.5 Å². The summed E-state index contributed by atoms with van der Waals surface area (Å²) in [5.41, 5.74) is 4.05. The van der Waals surface area contributed by atoms with Gasteiger partial charge in [0, 0.05) is 24.3 Å². The van der Waals surface area contributed by atoms with E-state index in [2.05, 4.69) is 69.0 Å². The molecule has 6 heteroatoms. The highest BCUT2D eigenvalue weighted by Gasteiger charge is 2.36. The lowest BCUT2D eigenvalue weighted by Crippen LogP contribution is -2.02. The number of ether oxygens (including phenoxy) is 2. The summed E-state index contributed by atoms with van der Waals surface area (Å²) in [4.78, 5) is 0. The van der Waals surface area contributed by atoms with Crippen molar-refractivity contribution in [3.63, 3.8) is 0 Å². The number of unbranched alkanes of at least 4 members (excludes halogenated alkanes) is 2. The lowest BCUT2D eigenvalue weighted by molar-refractivity contribution is 0.102. The van der Waals surface area contributed by atoms with E-state index in [9.17, 15) is 0 Å². The molecule has 0 fully saturated rings. The van der Waals surface area contributed by atoms with Gasteiger partial charge < -0.3 is 9.47 Å². The molecule has 0 unspecified atom stereocenters. The van der Waals surface area contributed by atoms with Crippen LogP contribution in [0.1, 0.15) is 55.4 Å². The van der Waals surface area contributed by atoms with Crippen LogP contribution in [0.3, 0.4) is 0 Å². The average Bonchev–Trinajstić information content (AvgIpc) is 3.67. The SMILES string of the molecule is CC1(c2ccc(COCCCCCOCc3ccc(C4(C)N=N4)cc3)cc2)N=N1. The second-order valence-corrected chi connectivity index (χ2v) is 8.00. The van der Waals surface area contributed by atoms with Gasteiger partial charge in [-0.15, -0.1) is 0 Å². The number of nitrogens with zero attached hydrogens (tertiary/aromatic N) is 4. The van der Waals surface area contributed by atoms with Gasteiger partial charge in [0.05, 0.1) is 13.2 Å². The molecule has 2 heterocycles. The summed E-state index contributed by atoms with van der Waals surface area (Å²) in [5, 5.41) is 16.2. The molecule has 0 atom stereocenters. The predicted octanol–water partition coefficient (Wildman–Crippen LogP) is 5.87. The topological polar surface area (TPSA) is 67.9 Å². The van der Waals surface area contributed by atoms with Gasteiger partial charge in [0.15, 0.2) is 0 Å². The number of benzene rings is 2. The van der Waals surface area contributed by atoms with Crippen LogP contribution >= 0.6 is 0 Å². The Balaban J connectivity index is 1.02. The minimum Gasteiger partial charge on any atom is -0.377 e. The average molecular weight is 393 g/mol. The van der Waals surface area contributed by atoms with Gasteiger partial charge in [-0.3, -0.25) is 0 Å². The molecule has 0 spiro atoms. The molecule has 2 aromatic rings. The number of rotatable bonds is 12. The predicted molar refractivity (Wildman–Crippen MR) is 110 cm³/mol. The third-order valence-corrected chi connectivity index (χ3v) is 5.42. The van der Waals surface area contributed by atoms with Gasteiger partial charge in [-0.25, -0.2) is 0 Å². The van der Waals surface area contributed by atoms with Crippen molar-refractivity contribution in [1.29, 1.82) is 0 Å². The maximum Gasteiger partial charge on any atom is 0.213 e. The second kappa shape index (κ2) is 8.51. The van der Waals surface area contributed by atoms with Crippen molar-refractivity contribution in [2.24, 2.45) is 20.5 Å². The highest BCUT2D eigenvalue weighted by Crippen LogP contribution is 2.39. The first-order chi connectivity index (χ1) is 14.1. The summed E-state index contributed by atoms with van der Waals surface area (Å²) >= 11 is 0. The Hall–Kier alpha value is -2.44.